The van der Waals surface area contributed by atoms with Gasteiger partial charge in [-0.25, -0.2) is 9.37 Å². The van der Waals surface area contributed by atoms with Crippen LogP contribution in [-0.2, 0) is 11.3 Å². The molecule has 25 heavy (non-hydrogen) atoms. The van der Waals surface area contributed by atoms with Gasteiger partial charge >= 0.3 is 0 Å². The van der Waals surface area contributed by atoms with E-state index in [0.29, 0.717) is 19.0 Å². The molecule has 0 aliphatic carbocycles. The van der Waals surface area contributed by atoms with Crippen LogP contribution >= 0.6 is 0 Å². The number of halogens is 1. The van der Waals surface area contributed by atoms with E-state index in [2.05, 4.69) is 27.0 Å². The van der Waals surface area contributed by atoms with Crippen LogP contribution in [0.15, 0.2) is 42.9 Å². The predicted molar refractivity (Wildman–Crippen MR) is 93.8 cm³/mol. The maximum absolute atomic E-state index is 14.1. The van der Waals surface area contributed by atoms with Gasteiger partial charge in [-0.15, -0.1) is 0 Å². The largest absolute Gasteiger partial charge is 0.370 e. The Hall–Kier alpha value is -2.05. The number of anilines is 1. The summed E-state index contributed by atoms with van der Waals surface area (Å²) in [6.45, 7) is 4.90. The van der Waals surface area contributed by atoms with Crippen LogP contribution in [0.25, 0.3) is 0 Å². The molecule has 2 saturated heterocycles. The molecule has 5 nitrogen and oxygen atoms in total. The number of rotatable bonds is 3. The van der Waals surface area contributed by atoms with Gasteiger partial charge in [-0.3, -0.25) is 9.88 Å². The third kappa shape index (κ3) is 3.65. The summed E-state index contributed by atoms with van der Waals surface area (Å²) < 4.78 is 20.4. The van der Waals surface area contributed by atoms with Crippen molar-refractivity contribution < 1.29 is 9.13 Å². The minimum Gasteiger partial charge on any atom is -0.370 e. The minimum absolute atomic E-state index is 0.243. The van der Waals surface area contributed by atoms with E-state index in [1.807, 2.05) is 17.3 Å². The van der Waals surface area contributed by atoms with Crippen LogP contribution in [0, 0.1) is 5.82 Å². The maximum Gasteiger partial charge on any atom is 0.165 e. The molecule has 6 heteroatoms. The lowest BCUT2D eigenvalue weighted by Gasteiger charge is -2.48. The van der Waals surface area contributed by atoms with E-state index in [0.717, 1.165) is 39.0 Å². The van der Waals surface area contributed by atoms with Crippen molar-refractivity contribution in [1.29, 1.82) is 0 Å². The van der Waals surface area contributed by atoms with Crippen LogP contribution in [0.5, 0.6) is 0 Å². The molecule has 0 amide bonds. The van der Waals surface area contributed by atoms with Gasteiger partial charge in [0.1, 0.15) is 0 Å². The van der Waals surface area contributed by atoms with Gasteiger partial charge < -0.3 is 9.64 Å². The molecule has 0 bridgehead atoms. The monoisotopic (exact) mass is 342 g/mol. The van der Waals surface area contributed by atoms with E-state index in [4.69, 9.17) is 4.74 Å². The van der Waals surface area contributed by atoms with Gasteiger partial charge in [-0.1, -0.05) is 0 Å². The van der Waals surface area contributed by atoms with E-state index in [9.17, 15) is 4.39 Å². The molecule has 1 spiro atoms. The fourth-order valence-corrected chi connectivity index (χ4v) is 3.94. The fraction of sp³-hybridized carbons (Fsp3) is 0.474. The lowest BCUT2D eigenvalue weighted by atomic mass is 9.90. The van der Waals surface area contributed by atoms with Crippen molar-refractivity contribution in [3.63, 3.8) is 0 Å². The van der Waals surface area contributed by atoms with E-state index < -0.39 is 0 Å². The molecule has 0 saturated carbocycles. The summed E-state index contributed by atoms with van der Waals surface area (Å²) in [5.41, 5.74) is 1.02. The first-order valence-electron chi connectivity index (χ1n) is 8.85. The van der Waals surface area contributed by atoms with Gasteiger partial charge in [0.25, 0.3) is 0 Å². The first-order chi connectivity index (χ1) is 12.2. The second-order valence-corrected chi connectivity index (χ2v) is 6.93. The number of piperidine rings is 1. The molecule has 0 N–H and O–H groups in total. The van der Waals surface area contributed by atoms with Crippen molar-refractivity contribution in [2.24, 2.45) is 0 Å². The average molecular weight is 342 g/mol. The van der Waals surface area contributed by atoms with E-state index in [-0.39, 0.29) is 11.4 Å². The molecule has 132 valence electrons. The quantitative estimate of drug-likeness (QED) is 0.857. The summed E-state index contributed by atoms with van der Waals surface area (Å²) in [4.78, 5) is 12.8. The lowest BCUT2D eigenvalue weighted by molar-refractivity contribution is -0.116. The van der Waals surface area contributed by atoms with Gasteiger partial charge in [-0.2, -0.15) is 0 Å². The summed E-state index contributed by atoms with van der Waals surface area (Å²) in [7, 11) is 0. The van der Waals surface area contributed by atoms with Crippen LogP contribution < -0.4 is 4.90 Å². The van der Waals surface area contributed by atoms with E-state index in [1.165, 1.54) is 11.6 Å². The van der Waals surface area contributed by atoms with Crippen LogP contribution in [0.3, 0.4) is 0 Å². The molecule has 2 fully saturated rings. The Bertz CT molecular complexity index is 710. The Morgan fingerprint density at radius 2 is 2.00 bits per heavy atom. The highest BCUT2D eigenvalue weighted by Gasteiger charge is 2.41. The molecule has 4 rings (SSSR count). The first-order valence-corrected chi connectivity index (χ1v) is 8.85. The molecule has 4 heterocycles. The van der Waals surface area contributed by atoms with E-state index in [1.54, 1.807) is 12.3 Å². The third-order valence-electron chi connectivity index (χ3n) is 5.06. The highest BCUT2D eigenvalue weighted by molar-refractivity contribution is 5.41. The Morgan fingerprint density at radius 3 is 2.84 bits per heavy atom. The smallest absolute Gasteiger partial charge is 0.165 e. The topological polar surface area (TPSA) is 41.5 Å². The summed E-state index contributed by atoms with van der Waals surface area (Å²) >= 11 is 0. The standard InChI is InChI=1S/C19H23FN4O/c20-17-3-1-7-22-18(17)24-10-2-6-19(15-24)14-23(11-12-25-19)13-16-4-8-21-9-5-16/h1,3-5,7-9H,2,6,10-15H2. The summed E-state index contributed by atoms with van der Waals surface area (Å²) in [5.74, 6) is 0.181. The maximum atomic E-state index is 14.1. The Labute approximate surface area is 147 Å². The molecular weight excluding hydrogens is 319 g/mol. The normalized spacial score (nSPS) is 24.6. The van der Waals surface area contributed by atoms with E-state index >= 15 is 0 Å². The zero-order chi connectivity index (χ0) is 17.1. The Kier molecular flexibility index (Phi) is 4.63. The molecule has 0 aromatic carbocycles. The van der Waals surface area contributed by atoms with Gasteiger partial charge in [0.05, 0.1) is 12.2 Å². The molecule has 2 aliphatic rings. The summed E-state index contributed by atoms with van der Waals surface area (Å²) in [6, 6.07) is 7.21. The molecule has 2 aromatic rings. The van der Waals surface area contributed by atoms with Gasteiger partial charge in [0.15, 0.2) is 11.6 Å². The number of hydrogen-bond donors (Lipinski definition) is 0. The van der Waals surface area contributed by atoms with Gasteiger partial charge in [-0.05, 0) is 42.7 Å². The number of morpholine rings is 1. The second kappa shape index (κ2) is 7.06. The predicted octanol–water partition coefficient (Wildman–Crippen LogP) is 2.49. The zero-order valence-corrected chi connectivity index (χ0v) is 14.3. The molecular formula is C19H23FN4O. The van der Waals surface area contributed by atoms with Crippen molar-refractivity contribution in [2.75, 3.05) is 37.7 Å². The van der Waals surface area contributed by atoms with Crippen LogP contribution in [0.4, 0.5) is 10.2 Å². The average Bonchev–Trinajstić information content (AvgIpc) is 2.63. The molecule has 0 radical (unpaired) electrons. The third-order valence-corrected chi connectivity index (χ3v) is 5.06. The van der Waals surface area contributed by atoms with Crippen LogP contribution in [0.1, 0.15) is 18.4 Å². The molecule has 2 aromatic heterocycles. The van der Waals surface area contributed by atoms with Crippen molar-refractivity contribution >= 4 is 5.82 Å². The molecule has 2 aliphatic heterocycles. The second-order valence-electron chi connectivity index (χ2n) is 6.93. The zero-order valence-electron chi connectivity index (χ0n) is 14.3. The summed E-state index contributed by atoms with van der Waals surface area (Å²) in [6.07, 6.45) is 7.30. The number of aromatic nitrogens is 2. The van der Waals surface area contributed by atoms with Crippen molar-refractivity contribution in [3.05, 3.63) is 54.2 Å². The molecule has 1 atom stereocenters. The van der Waals surface area contributed by atoms with Crippen molar-refractivity contribution in [3.8, 4) is 0 Å². The van der Waals surface area contributed by atoms with Crippen molar-refractivity contribution in [1.82, 2.24) is 14.9 Å². The number of pyridine rings is 2. The molecule has 1 unspecified atom stereocenters. The highest BCUT2D eigenvalue weighted by Crippen LogP contribution is 2.32. The van der Waals surface area contributed by atoms with Crippen molar-refractivity contribution in [2.45, 2.75) is 25.0 Å². The highest BCUT2D eigenvalue weighted by atomic mass is 19.1. The number of ether oxygens (including phenoxy) is 1. The van der Waals surface area contributed by atoms with Crippen LogP contribution in [0.2, 0.25) is 0 Å². The number of hydrogen-bond acceptors (Lipinski definition) is 5. The van der Waals surface area contributed by atoms with Gasteiger partial charge in [0.2, 0.25) is 0 Å². The SMILES string of the molecule is Fc1cccnc1N1CCCC2(CN(Cc3ccncc3)CCO2)C1. The minimum atomic E-state index is -0.260. The lowest BCUT2D eigenvalue weighted by Crippen LogP contribution is -2.59. The number of nitrogens with zero attached hydrogens (tertiary/aromatic N) is 4. The Morgan fingerprint density at radius 1 is 1.12 bits per heavy atom. The summed E-state index contributed by atoms with van der Waals surface area (Å²) in [5, 5.41) is 0. The fourth-order valence-electron chi connectivity index (χ4n) is 3.94. The van der Waals surface area contributed by atoms with Crippen LogP contribution in [-0.4, -0.2) is 53.3 Å². The Balaban J connectivity index is 1.48. The first kappa shape index (κ1) is 16.4. The van der Waals surface area contributed by atoms with Gasteiger partial charge in [0, 0.05) is 51.3 Å².